The molecular formula is C13H24N2O3. The van der Waals surface area contributed by atoms with Crippen LogP contribution in [0, 0.1) is 11.3 Å². The van der Waals surface area contributed by atoms with Crippen molar-refractivity contribution in [2.45, 2.75) is 40.2 Å². The molecular weight excluding hydrogens is 232 g/mol. The second kappa shape index (κ2) is 5.69. The number of aliphatic hydroxyl groups excluding tert-OH is 1. The number of rotatable bonds is 2. The van der Waals surface area contributed by atoms with Gasteiger partial charge in [0, 0.05) is 18.5 Å². The van der Waals surface area contributed by atoms with Gasteiger partial charge in [0.1, 0.15) is 0 Å². The highest BCUT2D eigenvalue weighted by atomic mass is 16.3. The zero-order chi connectivity index (χ0) is 13.9. The largest absolute Gasteiger partial charge is 0.393 e. The molecule has 18 heavy (non-hydrogen) atoms. The maximum atomic E-state index is 11.9. The fourth-order valence-electron chi connectivity index (χ4n) is 1.89. The SMILES string of the molecule is CC1CN(C(=O)CNC(=O)C(C)(C)C)CCC1O. The van der Waals surface area contributed by atoms with Gasteiger partial charge in [-0.3, -0.25) is 9.59 Å². The highest BCUT2D eigenvalue weighted by molar-refractivity contribution is 5.87. The number of nitrogens with one attached hydrogen (secondary N) is 1. The number of carbonyl (C=O) groups excluding carboxylic acids is 2. The van der Waals surface area contributed by atoms with E-state index in [1.54, 1.807) is 4.90 Å². The quantitative estimate of drug-likeness (QED) is 0.750. The fourth-order valence-corrected chi connectivity index (χ4v) is 1.89. The van der Waals surface area contributed by atoms with E-state index in [1.807, 2.05) is 27.7 Å². The van der Waals surface area contributed by atoms with Gasteiger partial charge in [0.05, 0.1) is 12.6 Å². The molecule has 2 amide bonds. The van der Waals surface area contributed by atoms with Crippen LogP contribution in [0.25, 0.3) is 0 Å². The normalized spacial score (nSPS) is 24.8. The summed E-state index contributed by atoms with van der Waals surface area (Å²) in [5.74, 6) is -0.103. The Morgan fingerprint density at radius 2 is 2.00 bits per heavy atom. The summed E-state index contributed by atoms with van der Waals surface area (Å²) < 4.78 is 0. The lowest BCUT2D eigenvalue weighted by Crippen LogP contribution is -2.49. The molecule has 1 heterocycles. The third-order valence-corrected chi connectivity index (χ3v) is 3.29. The van der Waals surface area contributed by atoms with Crippen molar-refractivity contribution in [2.75, 3.05) is 19.6 Å². The van der Waals surface area contributed by atoms with Crippen molar-refractivity contribution in [3.63, 3.8) is 0 Å². The van der Waals surface area contributed by atoms with Crippen molar-refractivity contribution in [1.29, 1.82) is 0 Å². The minimum Gasteiger partial charge on any atom is -0.393 e. The van der Waals surface area contributed by atoms with Gasteiger partial charge in [-0.2, -0.15) is 0 Å². The van der Waals surface area contributed by atoms with Gasteiger partial charge >= 0.3 is 0 Å². The molecule has 1 fully saturated rings. The zero-order valence-corrected chi connectivity index (χ0v) is 11.7. The van der Waals surface area contributed by atoms with E-state index in [-0.39, 0.29) is 30.4 Å². The third-order valence-electron chi connectivity index (χ3n) is 3.29. The minimum atomic E-state index is -0.480. The molecule has 1 aliphatic heterocycles. The van der Waals surface area contributed by atoms with Gasteiger partial charge in [-0.25, -0.2) is 0 Å². The molecule has 0 spiro atoms. The first-order chi connectivity index (χ1) is 8.21. The second-order valence-electron chi connectivity index (χ2n) is 6.11. The molecule has 5 nitrogen and oxygen atoms in total. The van der Waals surface area contributed by atoms with Gasteiger partial charge in [-0.1, -0.05) is 27.7 Å². The Labute approximate surface area is 109 Å². The number of hydrogen-bond acceptors (Lipinski definition) is 3. The van der Waals surface area contributed by atoms with E-state index >= 15 is 0 Å². The molecule has 104 valence electrons. The van der Waals surface area contributed by atoms with Crippen LogP contribution in [0.2, 0.25) is 0 Å². The van der Waals surface area contributed by atoms with Crippen LogP contribution in [0.1, 0.15) is 34.1 Å². The molecule has 2 atom stereocenters. The molecule has 0 aromatic heterocycles. The number of hydrogen-bond donors (Lipinski definition) is 2. The Kier molecular flexibility index (Phi) is 4.73. The summed E-state index contributed by atoms with van der Waals surface area (Å²) in [7, 11) is 0. The maximum Gasteiger partial charge on any atom is 0.241 e. The lowest BCUT2D eigenvalue weighted by Gasteiger charge is -2.34. The number of likely N-dealkylation sites (tertiary alicyclic amines) is 1. The first kappa shape index (κ1) is 15.0. The molecule has 0 aromatic carbocycles. The van der Waals surface area contributed by atoms with Gasteiger partial charge < -0.3 is 15.3 Å². The van der Waals surface area contributed by atoms with Gasteiger partial charge in [0.2, 0.25) is 11.8 Å². The van der Waals surface area contributed by atoms with E-state index in [2.05, 4.69) is 5.32 Å². The summed E-state index contributed by atoms with van der Waals surface area (Å²) in [4.78, 5) is 25.3. The predicted octanol–water partition coefficient (Wildman–Crippen LogP) is 0.378. The summed E-state index contributed by atoms with van der Waals surface area (Å²) in [5, 5.41) is 12.2. The van der Waals surface area contributed by atoms with Crippen molar-refractivity contribution < 1.29 is 14.7 Å². The summed E-state index contributed by atoms with van der Waals surface area (Å²) in [6.07, 6.45) is 0.290. The molecule has 0 saturated carbocycles. The lowest BCUT2D eigenvalue weighted by molar-refractivity contribution is -0.137. The minimum absolute atomic E-state index is 0.0406. The first-order valence-electron chi connectivity index (χ1n) is 6.46. The van der Waals surface area contributed by atoms with E-state index < -0.39 is 5.41 Å². The Bertz CT molecular complexity index is 323. The van der Waals surface area contributed by atoms with E-state index in [1.165, 1.54) is 0 Å². The van der Waals surface area contributed by atoms with Crippen LogP contribution in [0.15, 0.2) is 0 Å². The smallest absolute Gasteiger partial charge is 0.241 e. The lowest BCUT2D eigenvalue weighted by atomic mass is 9.95. The number of nitrogens with zero attached hydrogens (tertiary/aromatic N) is 1. The van der Waals surface area contributed by atoms with E-state index in [9.17, 15) is 14.7 Å². The van der Waals surface area contributed by atoms with Crippen molar-refractivity contribution in [3.8, 4) is 0 Å². The van der Waals surface area contributed by atoms with E-state index in [0.717, 1.165) is 0 Å². The van der Waals surface area contributed by atoms with E-state index in [4.69, 9.17) is 0 Å². The van der Waals surface area contributed by atoms with Gasteiger partial charge in [0.15, 0.2) is 0 Å². The van der Waals surface area contributed by atoms with Crippen LogP contribution >= 0.6 is 0 Å². The topological polar surface area (TPSA) is 69.6 Å². The summed E-state index contributed by atoms with van der Waals surface area (Å²) >= 11 is 0. The van der Waals surface area contributed by atoms with Gasteiger partial charge in [-0.05, 0) is 12.3 Å². The Balaban J connectivity index is 2.40. The summed E-state index contributed by atoms with van der Waals surface area (Å²) in [6.45, 7) is 8.53. The molecule has 1 saturated heterocycles. The molecule has 1 rings (SSSR count). The van der Waals surface area contributed by atoms with Crippen molar-refractivity contribution in [3.05, 3.63) is 0 Å². The van der Waals surface area contributed by atoms with Crippen molar-refractivity contribution in [2.24, 2.45) is 11.3 Å². The summed E-state index contributed by atoms with van der Waals surface area (Å²) in [5.41, 5.74) is -0.480. The molecule has 0 aliphatic carbocycles. The second-order valence-corrected chi connectivity index (χ2v) is 6.11. The molecule has 0 aromatic rings. The van der Waals surface area contributed by atoms with Gasteiger partial charge in [-0.15, -0.1) is 0 Å². The maximum absolute atomic E-state index is 11.9. The van der Waals surface area contributed by atoms with Gasteiger partial charge in [0.25, 0.3) is 0 Å². The van der Waals surface area contributed by atoms with Crippen LogP contribution in [0.5, 0.6) is 0 Å². The highest BCUT2D eigenvalue weighted by Crippen LogP contribution is 2.16. The molecule has 0 bridgehead atoms. The molecule has 2 unspecified atom stereocenters. The van der Waals surface area contributed by atoms with E-state index in [0.29, 0.717) is 19.5 Å². The highest BCUT2D eigenvalue weighted by Gasteiger charge is 2.28. The van der Waals surface area contributed by atoms with Crippen LogP contribution in [0.4, 0.5) is 0 Å². The van der Waals surface area contributed by atoms with Crippen molar-refractivity contribution in [1.82, 2.24) is 10.2 Å². The molecule has 2 N–H and O–H groups in total. The first-order valence-corrected chi connectivity index (χ1v) is 6.46. The monoisotopic (exact) mass is 256 g/mol. The molecule has 1 aliphatic rings. The zero-order valence-electron chi connectivity index (χ0n) is 11.7. The number of aliphatic hydroxyl groups is 1. The van der Waals surface area contributed by atoms with Crippen LogP contribution in [0.3, 0.4) is 0 Å². The van der Waals surface area contributed by atoms with Crippen LogP contribution in [-0.2, 0) is 9.59 Å². The fraction of sp³-hybridized carbons (Fsp3) is 0.846. The average molecular weight is 256 g/mol. The number of piperidine rings is 1. The van der Waals surface area contributed by atoms with Crippen LogP contribution in [-0.4, -0.2) is 47.6 Å². The Hall–Kier alpha value is -1.10. The Morgan fingerprint density at radius 1 is 1.39 bits per heavy atom. The summed E-state index contributed by atoms with van der Waals surface area (Å²) in [6, 6.07) is 0. The Morgan fingerprint density at radius 3 is 2.50 bits per heavy atom. The standard InChI is InChI=1S/C13H24N2O3/c1-9-8-15(6-5-10(9)16)11(17)7-14-12(18)13(2,3)4/h9-10,16H,5-8H2,1-4H3,(H,14,18). The third kappa shape index (κ3) is 3.98. The average Bonchev–Trinajstić information content (AvgIpc) is 2.27. The molecule has 0 radical (unpaired) electrons. The number of carbonyl (C=O) groups is 2. The predicted molar refractivity (Wildman–Crippen MR) is 68.8 cm³/mol. The van der Waals surface area contributed by atoms with Crippen LogP contribution < -0.4 is 5.32 Å². The van der Waals surface area contributed by atoms with Crippen molar-refractivity contribution >= 4 is 11.8 Å². The number of amides is 2. The molecule has 5 heteroatoms.